The quantitative estimate of drug-likeness (QED) is 0.357. The molecule has 2 N–H and O–H groups in total. The van der Waals surface area contributed by atoms with Crippen molar-refractivity contribution in [2.24, 2.45) is 0 Å². The van der Waals surface area contributed by atoms with Gasteiger partial charge in [0.25, 0.3) is 0 Å². The van der Waals surface area contributed by atoms with Gasteiger partial charge in [-0.25, -0.2) is 4.79 Å². The van der Waals surface area contributed by atoms with E-state index in [4.69, 9.17) is 4.74 Å². The number of benzene rings is 3. The van der Waals surface area contributed by atoms with Crippen LogP contribution < -0.4 is 5.32 Å². The van der Waals surface area contributed by atoms with Gasteiger partial charge in [-0.1, -0.05) is 83.4 Å². The number of nitrogens with zero attached hydrogens (tertiary/aromatic N) is 2. The summed E-state index contributed by atoms with van der Waals surface area (Å²) in [6.45, 7) is 0.176. The van der Waals surface area contributed by atoms with Crippen LogP contribution in [-0.4, -0.2) is 26.8 Å². The summed E-state index contributed by atoms with van der Waals surface area (Å²) in [6, 6.07) is 24.9. The van der Waals surface area contributed by atoms with Gasteiger partial charge in [-0.3, -0.25) is 10.1 Å². The second kappa shape index (κ2) is 9.07. The number of anilines is 1. The maximum Gasteiger partial charge on any atom is 0.412 e. The molecule has 0 spiro atoms. The summed E-state index contributed by atoms with van der Waals surface area (Å²) < 4.78 is 9.26. The van der Waals surface area contributed by atoms with Crippen molar-refractivity contribution in [3.8, 4) is 22.4 Å². The molecule has 5 rings (SSSR count). The number of aromatic nitrogens is 2. The number of carbonyl (C=O) groups excluding carboxylic acids is 1. The van der Waals surface area contributed by atoms with Crippen LogP contribution in [0.4, 0.5) is 9.80 Å². The highest BCUT2D eigenvalue weighted by molar-refractivity contribution is 7.10. The maximum atomic E-state index is 12.2. The molecule has 0 radical (unpaired) electrons. The van der Waals surface area contributed by atoms with E-state index in [9.17, 15) is 14.7 Å². The second-order valence-corrected chi connectivity index (χ2v) is 8.93. The number of ether oxygens (including phenoxy) is 1. The molecule has 0 atom stereocenters. The third-order valence-electron chi connectivity index (χ3n) is 6.00. The largest absolute Gasteiger partial charge is 0.481 e. The molecule has 4 aromatic rings. The van der Waals surface area contributed by atoms with Gasteiger partial charge in [0.2, 0.25) is 0 Å². The van der Waals surface area contributed by atoms with Crippen LogP contribution in [0.25, 0.3) is 22.4 Å². The number of hydrogen-bond donors (Lipinski definition) is 2. The number of hydrogen-bond acceptors (Lipinski definition) is 6. The van der Waals surface area contributed by atoms with Crippen LogP contribution in [-0.2, 0) is 21.6 Å². The van der Waals surface area contributed by atoms with Gasteiger partial charge in [-0.15, -0.1) is 5.10 Å². The molecule has 1 amide bonds. The van der Waals surface area contributed by atoms with E-state index >= 15 is 0 Å². The fourth-order valence-corrected chi connectivity index (χ4v) is 4.44. The molecule has 170 valence electrons. The summed E-state index contributed by atoms with van der Waals surface area (Å²) in [6.07, 6.45) is 0.810. The van der Waals surface area contributed by atoms with Crippen LogP contribution >= 0.6 is 11.5 Å². The Hall–Kier alpha value is -4.04. The number of carboxylic acid groups (broad SMARTS) is 1. The topological polar surface area (TPSA) is 101 Å². The van der Waals surface area contributed by atoms with Crippen LogP contribution in [0.5, 0.6) is 0 Å². The number of nitrogens with one attached hydrogen (secondary N) is 1. The van der Waals surface area contributed by atoms with Crippen molar-refractivity contribution in [3.63, 3.8) is 0 Å². The van der Waals surface area contributed by atoms with E-state index in [0.29, 0.717) is 23.5 Å². The minimum Gasteiger partial charge on any atom is -0.481 e. The van der Waals surface area contributed by atoms with E-state index < -0.39 is 17.5 Å². The van der Waals surface area contributed by atoms with Crippen molar-refractivity contribution in [3.05, 3.63) is 90.0 Å². The SMILES string of the molecule is O=C(Nc1snnc1-c1ccc(-c2ccc(C3(C(=O)O)CC3)cc2)cc1)OCc1ccccc1. The second-order valence-electron chi connectivity index (χ2n) is 8.18. The molecule has 7 nitrogen and oxygen atoms in total. The standard InChI is InChI=1S/C26H21N3O4S/c30-24(31)26(14-15-26)21-12-10-19(11-13-21)18-6-8-20(9-7-18)22-23(34-29-28-22)27-25(32)33-16-17-4-2-1-3-5-17/h1-13H,14-16H2,(H,27,32)(H,30,31). The fraction of sp³-hybridized carbons (Fsp3) is 0.154. The van der Waals surface area contributed by atoms with Gasteiger partial charge in [-0.05, 0) is 35.1 Å². The molecule has 3 aromatic carbocycles. The van der Waals surface area contributed by atoms with Crippen molar-refractivity contribution in [2.45, 2.75) is 24.9 Å². The summed E-state index contributed by atoms with van der Waals surface area (Å²) in [7, 11) is 0. The lowest BCUT2D eigenvalue weighted by molar-refractivity contribution is -0.140. The Balaban J connectivity index is 1.26. The zero-order valence-electron chi connectivity index (χ0n) is 18.1. The molecular formula is C26H21N3O4S. The third-order valence-corrected chi connectivity index (χ3v) is 6.65. The Morgan fingerprint density at radius 2 is 1.53 bits per heavy atom. The van der Waals surface area contributed by atoms with E-state index in [0.717, 1.165) is 39.3 Å². The average molecular weight is 472 g/mol. The molecule has 1 fully saturated rings. The van der Waals surface area contributed by atoms with Gasteiger partial charge in [0.1, 0.15) is 17.3 Å². The first-order valence-corrected chi connectivity index (χ1v) is 11.6. The van der Waals surface area contributed by atoms with Gasteiger partial charge in [0.05, 0.1) is 5.41 Å². The number of aliphatic carboxylic acids is 1. The fourth-order valence-electron chi connectivity index (χ4n) is 3.87. The zero-order chi connectivity index (χ0) is 23.5. The summed E-state index contributed by atoms with van der Waals surface area (Å²) in [5, 5.41) is 16.9. The van der Waals surface area contributed by atoms with Crippen LogP contribution in [0.15, 0.2) is 78.9 Å². The molecule has 8 heteroatoms. The Kier molecular flexibility index (Phi) is 5.81. The van der Waals surface area contributed by atoms with Crippen molar-refractivity contribution < 1.29 is 19.4 Å². The highest BCUT2D eigenvalue weighted by atomic mass is 32.1. The number of rotatable bonds is 7. The Morgan fingerprint density at radius 3 is 2.15 bits per heavy atom. The molecule has 0 saturated heterocycles. The third kappa shape index (κ3) is 4.40. The van der Waals surface area contributed by atoms with Crippen LogP contribution in [0.3, 0.4) is 0 Å². The average Bonchev–Trinajstić information content (AvgIpc) is 3.57. The molecule has 0 aliphatic heterocycles. The van der Waals surface area contributed by atoms with E-state index in [1.165, 1.54) is 0 Å². The van der Waals surface area contributed by atoms with Crippen molar-refractivity contribution in [1.29, 1.82) is 0 Å². The highest BCUT2D eigenvalue weighted by Gasteiger charge is 2.51. The molecule has 34 heavy (non-hydrogen) atoms. The van der Waals surface area contributed by atoms with Crippen molar-refractivity contribution >= 4 is 28.6 Å². The molecule has 1 aliphatic rings. The van der Waals surface area contributed by atoms with Crippen LogP contribution in [0, 0.1) is 0 Å². The van der Waals surface area contributed by atoms with E-state index in [1.54, 1.807) is 0 Å². The minimum atomic E-state index is -0.755. The van der Waals surface area contributed by atoms with Crippen LogP contribution in [0.2, 0.25) is 0 Å². The minimum absolute atomic E-state index is 0.176. The summed E-state index contributed by atoms with van der Waals surface area (Å²) in [4.78, 5) is 23.8. The predicted molar refractivity (Wildman–Crippen MR) is 130 cm³/mol. The summed E-state index contributed by atoms with van der Waals surface area (Å²) in [5.74, 6) is -0.755. The zero-order valence-corrected chi connectivity index (χ0v) is 18.9. The number of amides is 1. The lowest BCUT2D eigenvalue weighted by atomic mass is 9.93. The molecule has 1 heterocycles. The highest BCUT2D eigenvalue weighted by Crippen LogP contribution is 2.48. The Morgan fingerprint density at radius 1 is 0.912 bits per heavy atom. The molecular weight excluding hydrogens is 450 g/mol. The van der Waals surface area contributed by atoms with E-state index in [-0.39, 0.29) is 6.61 Å². The molecule has 0 unspecified atom stereocenters. The Labute approximate surface area is 200 Å². The van der Waals surface area contributed by atoms with Gasteiger partial charge in [0, 0.05) is 17.1 Å². The smallest absolute Gasteiger partial charge is 0.412 e. The van der Waals surface area contributed by atoms with Gasteiger partial charge >= 0.3 is 12.1 Å². The summed E-state index contributed by atoms with van der Waals surface area (Å²) >= 11 is 1.09. The first-order chi connectivity index (χ1) is 16.5. The number of carboxylic acids is 1. The van der Waals surface area contributed by atoms with Crippen molar-refractivity contribution in [1.82, 2.24) is 9.59 Å². The molecule has 1 saturated carbocycles. The van der Waals surface area contributed by atoms with Gasteiger partial charge in [-0.2, -0.15) is 0 Å². The van der Waals surface area contributed by atoms with E-state index in [1.807, 2.05) is 78.9 Å². The number of carbonyl (C=O) groups is 2. The predicted octanol–water partition coefficient (Wildman–Crippen LogP) is 5.74. The lowest BCUT2D eigenvalue weighted by Crippen LogP contribution is -2.19. The first-order valence-electron chi connectivity index (χ1n) is 10.8. The molecule has 1 aromatic heterocycles. The Bertz CT molecular complexity index is 1310. The van der Waals surface area contributed by atoms with E-state index in [2.05, 4.69) is 14.9 Å². The summed E-state index contributed by atoms with van der Waals surface area (Å²) in [5.41, 5.74) is 4.43. The molecule has 1 aliphatic carbocycles. The monoisotopic (exact) mass is 471 g/mol. The maximum absolute atomic E-state index is 12.2. The lowest BCUT2D eigenvalue weighted by Gasteiger charge is -2.11. The molecule has 0 bridgehead atoms. The first kappa shape index (κ1) is 21.8. The van der Waals surface area contributed by atoms with Crippen molar-refractivity contribution in [2.75, 3.05) is 5.32 Å². The van der Waals surface area contributed by atoms with Gasteiger partial charge < -0.3 is 9.84 Å². The normalized spacial score (nSPS) is 13.8. The van der Waals surface area contributed by atoms with Gasteiger partial charge in [0.15, 0.2) is 0 Å². The van der Waals surface area contributed by atoms with Crippen LogP contribution in [0.1, 0.15) is 24.0 Å².